The van der Waals surface area contributed by atoms with Crippen molar-refractivity contribution in [2.75, 3.05) is 0 Å². The van der Waals surface area contributed by atoms with Gasteiger partial charge in [-0.3, -0.25) is 0 Å². The van der Waals surface area contributed by atoms with Crippen LogP contribution in [0.2, 0.25) is 0 Å². The first-order valence-electron chi connectivity index (χ1n) is 22.2. The summed E-state index contributed by atoms with van der Waals surface area (Å²) in [7, 11) is 0. The summed E-state index contributed by atoms with van der Waals surface area (Å²) in [6.07, 6.45) is 0. The van der Waals surface area contributed by atoms with Crippen molar-refractivity contribution in [3.63, 3.8) is 0 Å². The monoisotopic (exact) mass is 816 g/mol. The molecule has 0 unspecified atom stereocenters. The molecular formula is C61H40N2O. The molecule has 3 heterocycles. The number of fused-ring (bicyclic) bond motifs is 14. The first kappa shape index (κ1) is 35.5. The summed E-state index contributed by atoms with van der Waals surface area (Å²) < 4.78 is 11.5. The van der Waals surface area contributed by atoms with E-state index in [1.807, 2.05) is 0 Å². The molecule has 10 aromatic carbocycles. The van der Waals surface area contributed by atoms with Crippen LogP contribution in [0.1, 0.15) is 25.0 Å². The summed E-state index contributed by atoms with van der Waals surface area (Å²) in [4.78, 5) is 0. The molecule has 3 aromatic heterocycles. The summed E-state index contributed by atoms with van der Waals surface area (Å²) in [6.45, 7) is 4.73. The molecule has 64 heavy (non-hydrogen) atoms. The molecule has 0 atom stereocenters. The van der Waals surface area contributed by atoms with E-state index in [2.05, 4.69) is 229 Å². The van der Waals surface area contributed by atoms with Gasteiger partial charge in [0.2, 0.25) is 0 Å². The predicted octanol–water partition coefficient (Wildman–Crippen LogP) is 16.6. The van der Waals surface area contributed by atoms with Crippen LogP contribution in [0, 0.1) is 0 Å². The van der Waals surface area contributed by atoms with Crippen molar-refractivity contribution in [3.05, 3.63) is 217 Å². The van der Waals surface area contributed by atoms with Gasteiger partial charge < -0.3 is 13.6 Å². The fraction of sp³-hybridized carbons (Fsp3) is 0.0492. The number of hydrogen-bond acceptors (Lipinski definition) is 1. The van der Waals surface area contributed by atoms with Gasteiger partial charge in [0, 0.05) is 49.1 Å². The molecule has 0 aliphatic heterocycles. The van der Waals surface area contributed by atoms with Crippen LogP contribution < -0.4 is 0 Å². The zero-order chi connectivity index (χ0) is 42.3. The van der Waals surface area contributed by atoms with Gasteiger partial charge in [0.1, 0.15) is 11.2 Å². The Kier molecular flexibility index (Phi) is 7.17. The lowest BCUT2D eigenvalue weighted by Gasteiger charge is -2.21. The second-order valence-electron chi connectivity index (χ2n) is 18.1. The van der Waals surface area contributed by atoms with Crippen molar-refractivity contribution in [3.8, 4) is 44.8 Å². The third-order valence-electron chi connectivity index (χ3n) is 14.3. The molecule has 1 aliphatic rings. The van der Waals surface area contributed by atoms with E-state index in [0.29, 0.717) is 0 Å². The Hall–Kier alpha value is -8.14. The van der Waals surface area contributed by atoms with Crippen LogP contribution in [0.25, 0.3) is 121 Å². The summed E-state index contributed by atoms with van der Waals surface area (Å²) in [5.74, 6) is 0. The fourth-order valence-corrected chi connectivity index (χ4v) is 11.3. The minimum atomic E-state index is -0.0912. The number of hydrogen-bond donors (Lipinski definition) is 0. The summed E-state index contributed by atoms with van der Waals surface area (Å²) in [6, 6.07) is 75.8. The van der Waals surface area contributed by atoms with E-state index in [0.717, 1.165) is 38.8 Å². The molecule has 13 aromatic rings. The van der Waals surface area contributed by atoms with Gasteiger partial charge in [0.15, 0.2) is 0 Å². The van der Waals surface area contributed by atoms with Crippen LogP contribution in [0.3, 0.4) is 0 Å². The second-order valence-corrected chi connectivity index (χ2v) is 18.1. The molecule has 0 spiro atoms. The van der Waals surface area contributed by atoms with Crippen molar-refractivity contribution in [1.29, 1.82) is 0 Å². The Balaban J connectivity index is 0.969. The second kappa shape index (κ2) is 12.9. The molecule has 0 saturated heterocycles. The minimum absolute atomic E-state index is 0.0912. The maximum absolute atomic E-state index is 6.64. The molecule has 0 N–H and O–H groups in total. The van der Waals surface area contributed by atoms with E-state index in [1.165, 1.54) is 93.5 Å². The largest absolute Gasteiger partial charge is 0.456 e. The molecule has 0 fully saturated rings. The van der Waals surface area contributed by atoms with Crippen molar-refractivity contribution in [2.24, 2.45) is 0 Å². The smallest absolute Gasteiger partial charge is 0.136 e. The van der Waals surface area contributed by atoms with Crippen LogP contribution in [0.5, 0.6) is 0 Å². The van der Waals surface area contributed by atoms with E-state index in [9.17, 15) is 0 Å². The van der Waals surface area contributed by atoms with E-state index in [4.69, 9.17) is 4.42 Å². The van der Waals surface area contributed by atoms with E-state index < -0.39 is 0 Å². The predicted molar refractivity (Wildman–Crippen MR) is 268 cm³/mol. The van der Waals surface area contributed by atoms with Crippen LogP contribution in [-0.2, 0) is 5.41 Å². The van der Waals surface area contributed by atoms with Crippen LogP contribution in [0.4, 0.5) is 0 Å². The van der Waals surface area contributed by atoms with Crippen molar-refractivity contribution < 1.29 is 4.42 Å². The lowest BCUT2D eigenvalue weighted by molar-refractivity contribution is 0.661. The average Bonchev–Trinajstić information content (AvgIpc) is 4.06. The van der Waals surface area contributed by atoms with Crippen molar-refractivity contribution in [1.82, 2.24) is 9.13 Å². The highest BCUT2D eigenvalue weighted by Crippen LogP contribution is 2.51. The zero-order valence-corrected chi connectivity index (χ0v) is 35.4. The first-order valence-corrected chi connectivity index (χ1v) is 22.2. The third-order valence-corrected chi connectivity index (χ3v) is 14.3. The molecule has 0 radical (unpaired) electrons. The van der Waals surface area contributed by atoms with Gasteiger partial charge in [-0.2, -0.15) is 0 Å². The van der Waals surface area contributed by atoms with E-state index in [1.54, 1.807) is 0 Å². The van der Waals surface area contributed by atoms with Gasteiger partial charge in [-0.1, -0.05) is 135 Å². The number of nitrogens with zero attached hydrogens (tertiary/aromatic N) is 2. The maximum Gasteiger partial charge on any atom is 0.136 e. The zero-order valence-electron chi connectivity index (χ0n) is 35.4. The van der Waals surface area contributed by atoms with Crippen LogP contribution in [0.15, 0.2) is 211 Å². The average molecular weight is 817 g/mol. The van der Waals surface area contributed by atoms with Gasteiger partial charge in [-0.25, -0.2) is 0 Å². The Morgan fingerprint density at radius 3 is 1.77 bits per heavy atom. The van der Waals surface area contributed by atoms with Crippen molar-refractivity contribution in [2.45, 2.75) is 19.3 Å². The standard InChI is InChI=1S/C61H40N2O/c1-61(2)51-22-12-11-20-45(51)46-35-48-47-32-38(25-28-53(47)63(56(48)36-52(46)61)42-17-7-4-8-18-42)39-27-31-57-50(33-39)60-44(21-13-23-58(60)64-57)40-26-29-54-49(34-40)59-43-19-10-9-14-37(43)24-30-55(59)62(54)41-15-5-3-6-16-41/h3-36H,1-2H3. The molecule has 1 aliphatic carbocycles. The Bertz CT molecular complexity index is 4090. The topological polar surface area (TPSA) is 23.0 Å². The van der Waals surface area contributed by atoms with E-state index in [-0.39, 0.29) is 5.41 Å². The number of rotatable bonds is 4. The van der Waals surface area contributed by atoms with Gasteiger partial charge in [0.25, 0.3) is 0 Å². The molecule has 0 amide bonds. The summed E-state index contributed by atoms with van der Waals surface area (Å²) in [5, 5.41) is 9.76. The lowest BCUT2D eigenvalue weighted by atomic mass is 9.82. The highest BCUT2D eigenvalue weighted by atomic mass is 16.3. The highest BCUT2D eigenvalue weighted by Gasteiger charge is 2.36. The Labute approximate surface area is 369 Å². The number of para-hydroxylation sites is 2. The number of aromatic nitrogens is 2. The van der Waals surface area contributed by atoms with Crippen LogP contribution >= 0.6 is 0 Å². The summed E-state index contributed by atoms with van der Waals surface area (Å²) >= 11 is 0. The Morgan fingerprint density at radius 2 is 0.953 bits per heavy atom. The molecular weight excluding hydrogens is 777 g/mol. The maximum atomic E-state index is 6.64. The quantitative estimate of drug-likeness (QED) is 0.173. The van der Waals surface area contributed by atoms with Gasteiger partial charge >= 0.3 is 0 Å². The lowest BCUT2D eigenvalue weighted by Crippen LogP contribution is -2.14. The number of benzene rings is 10. The molecule has 3 heteroatoms. The van der Waals surface area contributed by atoms with Gasteiger partial charge in [0.05, 0.1) is 22.1 Å². The van der Waals surface area contributed by atoms with E-state index >= 15 is 0 Å². The number of furan rings is 1. The minimum Gasteiger partial charge on any atom is -0.456 e. The van der Waals surface area contributed by atoms with Crippen LogP contribution in [-0.4, -0.2) is 9.13 Å². The normalized spacial score (nSPS) is 13.3. The Morgan fingerprint density at radius 1 is 0.344 bits per heavy atom. The molecule has 14 rings (SSSR count). The molecule has 0 saturated carbocycles. The molecule has 3 nitrogen and oxygen atoms in total. The van der Waals surface area contributed by atoms with Gasteiger partial charge in [-0.15, -0.1) is 0 Å². The summed E-state index contributed by atoms with van der Waals surface area (Å²) in [5.41, 5.74) is 18.9. The first-order chi connectivity index (χ1) is 31.5. The fourth-order valence-electron chi connectivity index (χ4n) is 11.3. The third kappa shape index (κ3) is 4.87. The van der Waals surface area contributed by atoms with Crippen molar-refractivity contribution >= 4 is 76.3 Å². The van der Waals surface area contributed by atoms with Gasteiger partial charge in [-0.05, 0) is 140 Å². The molecule has 300 valence electrons. The molecule has 0 bridgehead atoms. The SMILES string of the molecule is CC1(C)c2ccccc2-c2cc3c4cc(-c5ccc6oc7cccc(-c8ccc9c(c8)c8c%10ccccc%10ccc8n9-c8ccccc8)c7c6c5)ccc4n(-c4ccccc4)c3cc21. The highest BCUT2D eigenvalue weighted by molar-refractivity contribution is 6.23.